The van der Waals surface area contributed by atoms with Crippen molar-refractivity contribution in [1.29, 1.82) is 0 Å². The zero-order chi connectivity index (χ0) is 14.0. The highest BCUT2D eigenvalue weighted by Gasteiger charge is 2.08. The second-order valence-electron chi connectivity index (χ2n) is 4.19. The summed E-state index contributed by atoms with van der Waals surface area (Å²) in [5, 5.41) is 5.38. The van der Waals surface area contributed by atoms with E-state index in [-0.39, 0.29) is 0 Å². The molecule has 5 heteroatoms. The lowest BCUT2D eigenvalue weighted by molar-refractivity contribution is 1.14. The quantitative estimate of drug-likeness (QED) is 0.702. The summed E-state index contributed by atoms with van der Waals surface area (Å²) in [6, 6.07) is 9.20. The Morgan fingerprint density at radius 1 is 0.895 bits per heavy atom. The number of hydrogen-bond acceptors (Lipinski definition) is 1. The van der Waals surface area contributed by atoms with Gasteiger partial charge in [-0.25, -0.2) is 0 Å². The summed E-state index contributed by atoms with van der Waals surface area (Å²) < 4.78 is 0. The molecule has 0 aliphatic rings. The van der Waals surface area contributed by atoms with E-state index in [0.29, 0.717) is 32.3 Å². The van der Waals surface area contributed by atoms with Crippen LogP contribution in [0.4, 0.5) is 5.69 Å². The number of hydrogen-bond donors (Lipinski definition) is 1. The van der Waals surface area contributed by atoms with Crippen LogP contribution in [-0.2, 0) is 6.54 Å². The highest BCUT2D eigenvalue weighted by Crippen LogP contribution is 2.34. The van der Waals surface area contributed by atoms with Gasteiger partial charge in [-0.1, -0.05) is 58.5 Å². The summed E-state index contributed by atoms with van der Waals surface area (Å²) in [4.78, 5) is 0. The highest BCUT2D eigenvalue weighted by atomic mass is 35.5. The molecule has 0 radical (unpaired) electrons. The van der Waals surface area contributed by atoms with Crippen molar-refractivity contribution in [1.82, 2.24) is 0 Å². The van der Waals surface area contributed by atoms with Gasteiger partial charge in [0.15, 0.2) is 0 Å². The highest BCUT2D eigenvalue weighted by molar-refractivity contribution is 6.41. The summed E-state index contributed by atoms with van der Waals surface area (Å²) in [6.45, 7) is 2.54. The van der Waals surface area contributed by atoms with E-state index in [4.69, 9.17) is 46.4 Å². The van der Waals surface area contributed by atoms with Crippen LogP contribution in [0.3, 0.4) is 0 Å². The topological polar surface area (TPSA) is 12.0 Å². The fourth-order valence-corrected chi connectivity index (χ4v) is 2.94. The summed E-state index contributed by atoms with van der Waals surface area (Å²) in [5.74, 6) is 0. The van der Waals surface area contributed by atoms with E-state index < -0.39 is 0 Å². The molecular weight excluding hydrogens is 324 g/mol. The maximum absolute atomic E-state index is 6.17. The molecule has 0 amide bonds. The van der Waals surface area contributed by atoms with Gasteiger partial charge in [0.25, 0.3) is 0 Å². The molecule has 0 aliphatic carbocycles. The van der Waals surface area contributed by atoms with Gasteiger partial charge >= 0.3 is 0 Å². The largest absolute Gasteiger partial charge is 0.378 e. The van der Waals surface area contributed by atoms with Gasteiger partial charge in [0.05, 0.1) is 15.7 Å². The lowest BCUT2D eigenvalue weighted by Crippen LogP contribution is -2.01. The number of anilines is 1. The molecule has 0 saturated carbocycles. The Bertz CT molecular complexity index is 587. The number of halogens is 4. The zero-order valence-corrected chi connectivity index (χ0v) is 13.1. The summed E-state index contributed by atoms with van der Waals surface area (Å²) >= 11 is 24.2. The van der Waals surface area contributed by atoms with Crippen LogP contribution < -0.4 is 5.32 Å². The second-order valence-corrected chi connectivity index (χ2v) is 5.85. The van der Waals surface area contributed by atoms with Gasteiger partial charge < -0.3 is 5.32 Å². The van der Waals surface area contributed by atoms with Gasteiger partial charge in [0.1, 0.15) is 0 Å². The third kappa shape index (κ3) is 3.70. The molecule has 0 spiro atoms. The van der Waals surface area contributed by atoms with Crippen LogP contribution in [0.2, 0.25) is 20.1 Å². The minimum absolute atomic E-state index is 0.487. The number of rotatable bonds is 3. The molecule has 0 aromatic heterocycles. The van der Waals surface area contributed by atoms with Crippen LogP contribution in [-0.4, -0.2) is 0 Å². The van der Waals surface area contributed by atoms with Crippen LogP contribution >= 0.6 is 46.4 Å². The third-order valence-electron chi connectivity index (χ3n) is 2.67. The van der Waals surface area contributed by atoms with E-state index in [1.807, 2.05) is 25.1 Å². The zero-order valence-electron chi connectivity index (χ0n) is 10.1. The molecule has 2 aromatic rings. The Hall–Kier alpha value is -0.600. The molecule has 0 aliphatic heterocycles. The van der Waals surface area contributed by atoms with Crippen LogP contribution in [0.1, 0.15) is 11.1 Å². The van der Waals surface area contributed by atoms with E-state index in [0.717, 1.165) is 11.1 Å². The fourth-order valence-electron chi connectivity index (χ4n) is 1.69. The lowest BCUT2D eigenvalue weighted by atomic mass is 10.1. The second kappa shape index (κ2) is 6.23. The van der Waals surface area contributed by atoms with Gasteiger partial charge in [-0.3, -0.25) is 0 Å². The SMILES string of the molecule is Cc1ccc(CNc2c(Cl)cc(Cl)cc2Cl)c(Cl)c1. The molecule has 0 unspecified atom stereocenters. The summed E-state index contributed by atoms with van der Waals surface area (Å²) in [5.41, 5.74) is 2.76. The molecule has 0 atom stereocenters. The first kappa shape index (κ1) is 14.8. The average Bonchev–Trinajstić information content (AvgIpc) is 2.30. The monoisotopic (exact) mass is 333 g/mol. The first-order chi connectivity index (χ1) is 8.97. The maximum atomic E-state index is 6.17. The molecule has 19 heavy (non-hydrogen) atoms. The van der Waals surface area contributed by atoms with Gasteiger partial charge in [-0.2, -0.15) is 0 Å². The van der Waals surface area contributed by atoms with Crippen LogP contribution in [0, 0.1) is 6.92 Å². The molecule has 0 saturated heterocycles. The molecule has 1 N–H and O–H groups in total. The first-order valence-electron chi connectivity index (χ1n) is 5.61. The maximum Gasteiger partial charge on any atom is 0.0722 e. The van der Waals surface area contributed by atoms with E-state index in [1.54, 1.807) is 12.1 Å². The molecular formula is C14H11Cl4N. The Morgan fingerprint density at radius 2 is 1.53 bits per heavy atom. The minimum Gasteiger partial charge on any atom is -0.378 e. The van der Waals surface area contributed by atoms with Crippen molar-refractivity contribution in [3.05, 3.63) is 61.5 Å². The third-order valence-corrected chi connectivity index (χ3v) is 3.84. The number of benzene rings is 2. The number of nitrogens with one attached hydrogen (secondary N) is 1. The van der Waals surface area contributed by atoms with Crippen LogP contribution in [0.15, 0.2) is 30.3 Å². The van der Waals surface area contributed by atoms with Crippen molar-refractivity contribution in [2.45, 2.75) is 13.5 Å². The summed E-state index contributed by atoms with van der Waals surface area (Å²) in [7, 11) is 0. The molecule has 1 nitrogen and oxygen atoms in total. The van der Waals surface area contributed by atoms with Crippen LogP contribution in [0.5, 0.6) is 0 Å². The Labute approximate surface area is 132 Å². The Morgan fingerprint density at radius 3 is 2.11 bits per heavy atom. The Balaban J connectivity index is 2.19. The van der Waals surface area contributed by atoms with Gasteiger partial charge in [-0.05, 0) is 36.2 Å². The molecule has 0 bridgehead atoms. The van der Waals surface area contributed by atoms with E-state index in [2.05, 4.69) is 5.32 Å². The molecule has 0 heterocycles. The lowest BCUT2D eigenvalue weighted by Gasteiger charge is -2.12. The minimum atomic E-state index is 0.487. The average molecular weight is 335 g/mol. The standard InChI is InChI=1S/C14H11Cl4N/c1-8-2-3-9(11(16)4-8)7-19-14-12(17)5-10(15)6-13(14)18/h2-6,19H,7H2,1H3. The van der Waals surface area contributed by atoms with Crippen molar-refractivity contribution >= 4 is 52.1 Å². The van der Waals surface area contributed by atoms with Gasteiger partial charge in [0, 0.05) is 16.6 Å². The van der Waals surface area contributed by atoms with E-state index >= 15 is 0 Å². The summed E-state index contributed by atoms with van der Waals surface area (Å²) in [6.07, 6.45) is 0. The van der Waals surface area contributed by atoms with E-state index in [9.17, 15) is 0 Å². The molecule has 100 valence electrons. The van der Waals surface area contributed by atoms with Gasteiger partial charge in [0.2, 0.25) is 0 Å². The van der Waals surface area contributed by atoms with Crippen molar-refractivity contribution in [2.24, 2.45) is 0 Å². The smallest absolute Gasteiger partial charge is 0.0722 e. The van der Waals surface area contributed by atoms with Crippen LogP contribution in [0.25, 0.3) is 0 Å². The molecule has 2 aromatic carbocycles. The molecule has 2 rings (SSSR count). The van der Waals surface area contributed by atoms with Crippen molar-refractivity contribution in [3.8, 4) is 0 Å². The van der Waals surface area contributed by atoms with Gasteiger partial charge in [-0.15, -0.1) is 0 Å². The molecule has 0 fully saturated rings. The van der Waals surface area contributed by atoms with Crippen molar-refractivity contribution < 1.29 is 0 Å². The normalized spacial score (nSPS) is 10.6. The van der Waals surface area contributed by atoms with Crippen molar-refractivity contribution in [3.63, 3.8) is 0 Å². The van der Waals surface area contributed by atoms with E-state index in [1.165, 1.54) is 0 Å². The first-order valence-corrected chi connectivity index (χ1v) is 7.12. The fraction of sp³-hybridized carbons (Fsp3) is 0.143. The predicted octanol–water partition coefficient (Wildman–Crippen LogP) is 6.22. The number of aryl methyl sites for hydroxylation is 1. The predicted molar refractivity (Wildman–Crippen MR) is 85.0 cm³/mol. The van der Waals surface area contributed by atoms with Crippen molar-refractivity contribution in [2.75, 3.05) is 5.32 Å². The Kier molecular flexibility index (Phi) is 4.86.